The zero-order valence-corrected chi connectivity index (χ0v) is 11.6. The molecule has 0 saturated heterocycles. The number of nitrogens with one attached hydrogen (secondary N) is 1. The van der Waals surface area contributed by atoms with Gasteiger partial charge < -0.3 is 10.4 Å². The van der Waals surface area contributed by atoms with Crippen LogP contribution < -0.4 is 5.32 Å². The topological polar surface area (TPSA) is 45.2 Å². The van der Waals surface area contributed by atoms with E-state index in [0.29, 0.717) is 6.54 Å². The van der Waals surface area contributed by atoms with Gasteiger partial charge in [0.05, 0.1) is 16.8 Å². The van der Waals surface area contributed by atoms with Crippen LogP contribution in [-0.4, -0.2) is 23.2 Å². The molecule has 1 heterocycles. The summed E-state index contributed by atoms with van der Waals surface area (Å²) >= 11 is 1.64. The lowest BCUT2D eigenvalue weighted by molar-refractivity contribution is 0.175. The molecule has 2 N–H and O–H groups in total. The molecule has 0 aliphatic heterocycles. The number of hydrogen-bond acceptors (Lipinski definition) is 4. The predicted molar refractivity (Wildman–Crippen MR) is 74.8 cm³/mol. The standard InChI is InChI=1S/C14H17FN2OS/c1-10-17-13(9-19-10)6-7-16-8-14(18)11-2-4-12(15)5-3-11/h2-5,9,14,16,18H,6-8H2,1H3. The fourth-order valence-electron chi connectivity index (χ4n) is 1.78. The van der Waals surface area contributed by atoms with E-state index in [9.17, 15) is 9.50 Å². The first-order chi connectivity index (χ1) is 9.15. The van der Waals surface area contributed by atoms with Crippen molar-refractivity contribution in [3.63, 3.8) is 0 Å². The molecule has 0 aliphatic rings. The lowest BCUT2D eigenvalue weighted by Gasteiger charge is -2.11. The second-order valence-corrected chi connectivity index (χ2v) is 5.44. The summed E-state index contributed by atoms with van der Waals surface area (Å²) in [6.45, 7) is 3.20. The number of aliphatic hydroxyl groups excluding tert-OH is 1. The fourth-order valence-corrected chi connectivity index (χ4v) is 2.43. The van der Waals surface area contributed by atoms with E-state index in [0.717, 1.165) is 29.2 Å². The van der Waals surface area contributed by atoms with Crippen LogP contribution in [0.1, 0.15) is 22.4 Å². The summed E-state index contributed by atoms with van der Waals surface area (Å²) in [6.07, 6.45) is 0.235. The van der Waals surface area contributed by atoms with Crippen molar-refractivity contribution in [2.75, 3.05) is 13.1 Å². The van der Waals surface area contributed by atoms with Gasteiger partial charge in [-0.15, -0.1) is 11.3 Å². The van der Waals surface area contributed by atoms with Gasteiger partial charge in [-0.2, -0.15) is 0 Å². The van der Waals surface area contributed by atoms with Gasteiger partial charge in [-0.05, 0) is 24.6 Å². The molecule has 19 heavy (non-hydrogen) atoms. The van der Waals surface area contributed by atoms with Gasteiger partial charge in [0.15, 0.2) is 0 Å². The van der Waals surface area contributed by atoms with Crippen LogP contribution in [0.2, 0.25) is 0 Å². The fraction of sp³-hybridized carbons (Fsp3) is 0.357. The van der Waals surface area contributed by atoms with E-state index in [-0.39, 0.29) is 5.82 Å². The largest absolute Gasteiger partial charge is 0.387 e. The quantitative estimate of drug-likeness (QED) is 0.799. The molecular weight excluding hydrogens is 263 g/mol. The highest BCUT2D eigenvalue weighted by atomic mass is 32.1. The number of benzene rings is 1. The van der Waals surface area contributed by atoms with E-state index in [2.05, 4.69) is 10.3 Å². The number of nitrogens with zero attached hydrogens (tertiary/aromatic N) is 1. The third-order valence-corrected chi connectivity index (χ3v) is 3.64. The van der Waals surface area contributed by atoms with E-state index in [1.807, 2.05) is 12.3 Å². The minimum absolute atomic E-state index is 0.289. The molecule has 0 fully saturated rings. The van der Waals surface area contributed by atoms with Crippen molar-refractivity contribution in [2.24, 2.45) is 0 Å². The molecule has 0 aliphatic carbocycles. The maximum Gasteiger partial charge on any atom is 0.123 e. The Hall–Kier alpha value is -1.30. The van der Waals surface area contributed by atoms with Crippen molar-refractivity contribution in [2.45, 2.75) is 19.4 Å². The smallest absolute Gasteiger partial charge is 0.123 e. The van der Waals surface area contributed by atoms with Crippen LogP contribution in [0.15, 0.2) is 29.6 Å². The van der Waals surface area contributed by atoms with Crippen LogP contribution in [0, 0.1) is 12.7 Å². The average Bonchev–Trinajstić information content (AvgIpc) is 2.81. The number of halogens is 1. The van der Waals surface area contributed by atoms with Crippen LogP contribution >= 0.6 is 11.3 Å². The molecule has 3 nitrogen and oxygen atoms in total. The first-order valence-corrected chi connectivity index (χ1v) is 7.08. The Morgan fingerprint density at radius 1 is 1.37 bits per heavy atom. The summed E-state index contributed by atoms with van der Waals surface area (Å²) in [5.74, 6) is -0.289. The number of thiazole rings is 1. The molecule has 1 aromatic carbocycles. The van der Waals surface area contributed by atoms with E-state index in [4.69, 9.17) is 0 Å². The normalized spacial score (nSPS) is 12.6. The van der Waals surface area contributed by atoms with Crippen molar-refractivity contribution in [1.29, 1.82) is 0 Å². The second-order valence-electron chi connectivity index (χ2n) is 4.38. The van der Waals surface area contributed by atoms with Gasteiger partial charge in [0.2, 0.25) is 0 Å². The SMILES string of the molecule is Cc1nc(CCNCC(O)c2ccc(F)cc2)cs1. The molecule has 1 unspecified atom stereocenters. The maximum atomic E-state index is 12.7. The van der Waals surface area contributed by atoms with Crippen LogP contribution in [0.5, 0.6) is 0 Å². The molecule has 0 saturated carbocycles. The summed E-state index contributed by atoms with van der Waals surface area (Å²) in [4.78, 5) is 4.37. The van der Waals surface area contributed by atoms with Crippen molar-refractivity contribution in [3.05, 3.63) is 51.7 Å². The summed E-state index contributed by atoms with van der Waals surface area (Å²) < 4.78 is 12.7. The number of rotatable bonds is 6. The number of aromatic nitrogens is 1. The van der Waals surface area contributed by atoms with Crippen LogP contribution in [0.3, 0.4) is 0 Å². The third kappa shape index (κ3) is 4.38. The average molecular weight is 280 g/mol. The van der Waals surface area contributed by atoms with Crippen LogP contribution in [0.4, 0.5) is 4.39 Å². The minimum Gasteiger partial charge on any atom is -0.387 e. The van der Waals surface area contributed by atoms with Crippen molar-refractivity contribution in [3.8, 4) is 0 Å². The Labute approximate surface area is 116 Å². The Morgan fingerprint density at radius 3 is 2.74 bits per heavy atom. The van der Waals surface area contributed by atoms with Gasteiger partial charge in [-0.25, -0.2) is 9.37 Å². The molecule has 2 aromatic rings. The Bertz CT molecular complexity index is 512. The van der Waals surface area contributed by atoms with Gasteiger partial charge in [0.1, 0.15) is 5.82 Å². The van der Waals surface area contributed by atoms with Gasteiger partial charge >= 0.3 is 0 Å². The number of aliphatic hydroxyl groups is 1. The van der Waals surface area contributed by atoms with Crippen molar-refractivity contribution >= 4 is 11.3 Å². The molecule has 1 atom stereocenters. The minimum atomic E-state index is -0.613. The molecule has 0 bridgehead atoms. The monoisotopic (exact) mass is 280 g/mol. The predicted octanol–water partition coefficient (Wildman–Crippen LogP) is 2.46. The summed E-state index contributed by atoms with van der Waals surface area (Å²) in [6, 6.07) is 5.92. The van der Waals surface area contributed by atoms with E-state index < -0.39 is 6.10 Å². The van der Waals surface area contributed by atoms with Gasteiger partial charge in [0.25, 0.3) is 0 Å². The molecule has 0 spiro atoms. The van der Waals surface area contributed by atoms with E-state index in [1.54, 1.807) is 23.5 Å². The maximum absolute atomic E-state index is 12.7. The first kappa shape index (κ1) is 14.1. The molecule has 2 rings (SSSR count). The Balaban J connectivity index is 1.72. The highest BCUT2D eigenvalue weighted by molar-refractivity contribution is 7.09. The third-order valence-electron chi connectivity index (χ3n) is 2.82. The molecular formula is C14H17FN2OS. The zero-order chi connectivity index (χ0) is 13.7. The van der Waals surface area contributed by atoms with Crippen LogP contribution in [0.25, 0.3) is 0 Å². The molecule has 102 valence electrons. The lowest BCUT2D eigenvalue weighted by Crippen LogP contribution is -2.23. The Morgan fingerprint density at radius 2 is 2.11 bits per heavy atom. The van der Waals surface area contributed by atoms with Crippen molar-refractivity contribution in [1.82, 2.24) is 10.3 Å². The van der Waals surface area contributed by atoms with Crippen molar-refractivity contribution < 1.29 is 9.50 Å². The summed E-state index contributed by atoms with van der Waals surface area (Å²) in [7, 11) is 0. The number of aryl methyl sites for hydroxylation is 1. The molecule has 1 aromatic heterocycles. The summed E-state index contributed by atoms with van der Waals surface area (Å²) in [5.41, 5.74) is 1.80. The highest BCUT2D eigenvalue weighted by Crippen LogP contribution is 2.12. The second kappa shape index (κ2) is 6.75. The number of hydrogen-bond donors (Lipinski definition) is 2. The highest BCUT2D eigenvalue weighted by Gasteiger charge is 2.07. The summed E-state index contributed by atoms with van der Waals surface area (Å²) in [5, 5.41) is 16.2. The molecule has 0 radical (unpaired) electrons. The first-order valence-electron chi connectivity index (χ1n) is 6.20. The van der Waals surface area contributed by atoms with Gasteiger partial charge in [0, 0.05) is 24.9 Å². The van der Waals surface area contributed by atoms with Gasteiger partial charge in [-0.3, -0.25) is 0 Å². The molecule has 5 heteroatoms. The lowest BCUT2D eigenvalue weighted by atomic mass is 10.1. The van der Waals surface area contributed by atoms with Crippen LogP contribution in [-0.2, 0) is 6.42 Å². The zero-order valence-electron chi connectivity index (χ0n) is 10.8. The van der Waals surface area contributed by atoms with E-state index in [1.165, 1.54) is 12.1 Å². The van der Waals surface area contributed by atoms with E-state index >= 15 is 0 Å². The Kier molecular flexibility index (Phi) is 5.01. The molecule has 0 amide bonds. The van der Waals surface area contributed by atoms with Gasteiger partial charge in [-0.1, -0.05) is 12.1 Å².